The van der Waals surface area contributed by atoms with Crippen molar-refractivity contribution >= 4 is 17.6 Å². The van der Waals surface area contributed by atoms with Crippen LogP contribution in [0.5, 0.6) is 0 Å². The predicted octanol–water partition coefficient (Wildman–Crippen LogP) is 1.32. The van der Waals surface area contributed by atoms with Crippen molar-refractivity contribution in [1.82, 2.24) is 9.78 Å². The smallest absolute Gasteiger partial charge is 0.335 e. The number of benzene rings is 1. The fourth-order valence-electron chi connectivity index (χ4n) is 2.42. The highest BCUT2D eigenvalue weighted by Gasteiger charge is 2.26. The molecule has 0 saturated carbocycles. The molecule has 6 nitrogen and oxygen atoms in total. The quantitative estimate of drug-likeness (QED) is 0.893. The molecule has 0 radical (unpaired) electrons. The van der Waals surface area contributed by atoms with Crippen LogP contribution >= 0.6 is 0 Å². The van der Waals surface area contributed by atoms with Crippen molar-refractivity contribution in [1.29, 1.82) is 0 Å². The van der Waals surface area contributed by atoms with E-state index in [2.05, 4.69) is 5.10 Å². The normalized spacial score (nSPS) is 14.2. The number of rotatable bonds is 2. The van der Waals surface area contributed by atoms with Crippen LogP contribution in [0, 0.1) is 0 Å². The zero-order valence-electron chi connectivity index (χ0n) is 10.9. The summed E-state index contributed by atoms with van der Waals surface area (Å²) < 4.78 is 1.64. The molecule has 0 fully saturated rings. The molecular weight excluding hydrogens is 258 g/mol. The van der Waals surface area contributed by atoms with E-state index in [0.717, 1.165) is 11.3 Å². The van der Waals surface area contributed by atoms with Gasteiger partial charge in [0.05, 0.1) is 17.4 Å². The molecular formula is C14H13N3O3. The van der Waals surface area contributed by atoms with Gasteiger partial charge in [0.25, 0.3) is 5.91 Å². The lowest BCUT2D eigenvalue weighted by molar-refractivity contribution is 0.0696. The maximum Gasteiger partial charge on any atom is 0.335 e. The van der Waals surface area contributed by atoms with E-state index in [1.165, 1.54) is 6.07 Å². The number of carboxylic acid groups (broad SMARTS) is 1. The highest BCUT2D eigenvalue weighted by atomic mass is 16.4. The summed E-state index contributed by atoms with van der Waals surface area (Å²) in [6.45, 7) is 0.528. The molecule has 2 aromatic rings. The monoisotopic (exact) mass is 271 g/mol. The third kappa shape index (κ3) is 1.95. The van der Waals surface area contributed by atoms with Crippen molar-refractivity contribution < 1.29 is 14.7 Å². The summed E-state index contributed by atoms with van der Waals surface area (Å²) in [5, 5.41) is 13.0. The number of aryl methyl sites for hydroxylation is 1. The first-order valence-corrected chi connectivity index (χ1v) is 6.23. The molecule has 0 spiro atoms. The summed E-state index contributed by atoms with van der Waals surface area (Å²) in [5.74, 6) is -1.09. The highest BCUT2D eigenvalue weighted by Crippen LogP contribution is 2.24. The second-order valence-electron chi connectivity index (χ2n) is 4.76. The first-order valence-electron chi connectivity index (χ1n) is 6.23. The Kier molecular flexibility index (Phi) is 2.78. The van der Waals surface area contributed by atoms with Crippen molar-refractivity contribution in [2.75, 3.05) is 11.4 Å². The van der Waals surface area contributed by atoms with Gasteiger partial charge in [0, 0.05) is 25.4 Å². The Hall–Kier alpha value is -2.63. The van der Waals surface area contributed by atoms with Crippen LogP contribution in [0.1, 0.15) is 26.3 Å². The van der Waals surface area contributed by atoms with Crippen LogP contribution in [0.25, 0.3) is 0 Å². The summed E-state index contributed by atoms with van der Waals surface area (Å²) in [5.41, 5.74) is 2.32. The first-order chi connectivity index (χ1) is 9.56. The molecule has 20 heavy (non-hydrogen) atoms. The SMILES string of the molecule is Cn1cc(N2CCc3cc(C(=O)O)ccc3C2=O)cn1. The number of anilines is 1. The van der Waals surface area contributed by atoms with Gasteiger partial charge in [0.2, 0.25) is 0 Å². The molecule has 0 aliphatic carbocycles. The molecule has 102 valence electrons. The number of carbonyl (C=O) groups excluding carboxylic acids is 1. The lowest BCUT2D eigenvalue weighted by atomic mass is 9.96. The van der Waals surface area contributed by atoms with Crippen LogP contribution in [0.4, 0.5) is 5.69 Å². The predicted molar refractivity (Wildman–Crippen MR) is 72.0 cm³/mol. The molecule has 0 unspecified atom stereocenters. The highest BCUT2D eigenvalue weighted by molar-refractivity contribution is 6.08. The standard InChI is InChI=1S/C14H13N3O3/c1-16-8-11(7-15-16)17-5-4-9-6-10(14(19)20)2-3-12(9)13(17)18/h2-3,6-8H,4-5H2,1H3,(H,19,20). The molecule has 1 aliphatic heterocycles. The number of aromatic nitrogens is 2. The Bertz CT molecular complexity index is 705. The van der Waals surface area contributed by atoms with Gasteiger partial charge in [-0.15, -0.1) is 0 Å². The fourth-order valence-corrected chi connectivity index (χ4v) is 2.42. The first kappa shape index (κ1) is 12.4. The molecule has 0 atom stereocenters. The number of hydrogen-bond donors (Lipinski definition) is 1. The van der Waals surface area contributed by atoms with Crippen molar-refractivity contribution in [3.05, 3.63) is 47.3 Å². The molecule has 0 saturated heterocycles. The average Bonchev–Trinajstić information content (AvgIpc) is 2.85. The van der Waals surface area contributed by atoms with E-state index in [-0.39, 0.29) is 11.5 Å². The van der Waals surface area contributed by atoms with Gasteiger partial charge in [-0.25, -0.2) is 4.79 Å². The summed E-state index contributed by atoms with van der Waals surface area (Å²) >= 11 is 0. The van der Waals surface area contributed by atoms with Crippen molar-refractivity contribution in [2.45, 2.75) is 6.42 Å². The number of carbonyl (C=O) groups is 2. The second kappa shape index (κ2) is 4.48. The summed E-state index contributed by atoms with van der Waals surface area (Å²) in [6, 6.07) is 4.63. The molecule has 6 heteroatoms. The Labute approximate surface area is 115 Å². The maximum absolute atomic E-state index is 12.4. The van der Waals surface area contributed by atoms with Gasteiger partial charge in [-0.2, -0.15) is 5.10 Å². The van der Waals surface area contributed by atoms with Gasteiger partial charge in [0.15, 0.2) is 0 Å². The van der Waals surface area contributed by atoms with Crippen LogP contribution in [-0.2, 0) is 13.5 Å². The van der Waals surface area contributed by atoms with E-state index in [1.807, 2.05) is 0 Å². The van der Waals surface area contributed by atoms with E-state index < -0.39 is 5.97 Å². The van der Waals surface area contributed by atoms with Crippen LogP contribution < -0.4 is 4.90 Å². The summed E-state index contributed by atoms with van der Waals surface area (Å²) in [6.07, 6.45) is 4.07. The van der Waals surface area contributed by atoms with Gasteiger partial charge in [-0.3, -0.25) is 9.48 Å². The lowest BCUT2D eigenvalue weighted by Gasteiger charge is -2.27. The van der Waals surface area contributed by atoms with E-state index in [1.54, 1.807) is 41.2 Å². The number of carboxylic acids is 1. The molecule has 0 bridgehead atoms. The van der Waals surface area contributed by atoms with Crippen molar-refractivity contribution in [2.24, 2.45) is 7.05 Å². The van der Waals surface area contributed by atoms with Crippen molar-refractivity contribution in [3.8, 4) is 0 Å². The lowest BCUT2D eigenvalue weighted by Crippen LogP contribution is -2.37. The molecule has 2 heterocycles. The van der Waals surface area contributed by atoms with Gasteiger partial charge in [-0.05, 0) is 30.2 Å². The fraction of sp³-hybridized carbons (Fsp3) is 0.214. The minimum Gasteiger partial charge on any atom is -0.478 e. The Morgan fingerprint density at radius 3 is 2.85 bits per heavy atom. The topological polar surface area (TPSA) is 75.4 Å². The third-order valence-electron chi connectivity index (χ3n) is 3.44. The molecule has 1 aromatic heterocycles. The number of aromatic carboxylic acids is 1. The van der Waals surface area contributed by atoms with Crippen LogP contribution in [-0.4, -0.2) is 33.3 Å². The zero-order valence-corrected chi connectivity index (χ0v) is 10.9. The largest absolute Gasteiger partial charge is 0.478 e. The van der Waals surface area contributed by atoms with E-state index >= 15 is 0 Å². The van der Waals surface area contributed by atoms with E-state index in [4.69, 9.17) is 5.11 Å². The molecule has 1 N–H and O–H groups in total. The second-order valence-corrected chi connectivity index (χ2v) is 4.76. The Balaban J connectivity index is 1.97. The van der Waals surface area contributed by atoms with Gasteiger partial charge in [0.1, 0.15) is 0 Å². The number of hydrogen-bond acceptors (Lipinski definition) is 3. The van der Waals surface area contributed by atoms with Gasteiger partial charge >= 0.3 is 5.97 Å². The van der Waals surface area contributed by atoms with Crippen LogP contribution in [0.2, 0.25) is 0 Å². The third-order valence-corrected chi connectivity index (χ3v) is 3.44. The molecule has 1 amide bonds. The number of nitrogens with zero attached hydrogens (tertiary/aromatic N) is 3. The maximum atomic E-state index is 12.4. The molecule has 3 rings (SSSR count). The van der Waals surface area contributed by atoms with Crippen molar-refractivity contribution in [3.63, 3.8) is 0 Å². The molecule has 1 aromatic carbocycles. The Morgan fingerprint density at radius 2 is 2.20 bits per heavy atom. The van der Waals surface area contributed by atoms with Crippen LogP contribution in [0.15, 0.2) is 30.6 Å². The van der Waals surface area contributed by atoms with E-state index in [9.17, 15) is 9.59 Å². The van der Waals surface area contributed by atoms with Crippen LogP contribution in [0.3, 0.4) is 0 Å². The Morgan fingerprint density at radius 1 is 1.40 bits per heavy atom. The number of fused-ring (bicyclic) bond motifs is 1. The minimum atomic E-state index is -0.977. The molecule has 1 aliphatic rings. The zero-order chi connectivity index (χ0) is 14.3. The van der Waals surface area contributed by atoms with E-state index in [0.29, 0.717) is 18.5 Å². The minimum absolute atomic E-state index is 0.115. The van der Waals surface area contributed by atoms with Gasteiger partial charge < -0.3 is 10.0 Å². The average molecular weight is 271 g/mol. The summed E-state index contributed by atoms with van der Waals surface area (Å²) in [7, 11) is 1.80. The number of amides is 1. The van der Waals surface area contributed by atoms with Gasteiger partial charge in [-0.1, -0.05) is 0 Å². The summed E-state index contributed by atoms with van der Waals surface area (Å²) in [4.78, 5) is 25.1.